The van der Waals surface area contributed by atoms with Crippen LogP contribution in [-0.4, -0.2) is 50.3 Å². The number of hydrogen-bond acceptors (Lipinski definition) is 3. The van der Waals surface area contributed by atoms with Crippen molar-refractivity contribution in [1.82, 2.24) is 9.21 Å². The highest BCUT2D eigenvalue weighted by Crippen LogP contribution is 2.14. The van der Waals surface area contributed by atoms with Crippen LogP contribution in [0.1, 0.15) is 38.2 Å². The van der Waals surface area contributed by atoms with Gasteiger partial charge in [0.05, 0.1) is 5.75 Å². The minimum absolute atomic E-state index is 0.115. The van der Waals surface area contributed by atoms with Crippen LogP contribution in [0, 0.1) is 0 Å². The quantitative estimate of drug-likeness (QED) is 0.690. The third-order valence-corrected chi connectivity index (χ3v) is 6.09. The maximum Gasteiger partial charge on any atom is 0.218 e. The zero-order chi connectivity index (χ0) is 15.8. The van der Waals surface area contributed by atoms with E-state index >= 15 is 0 Å². The largest absolute Gasteiger partial charge is 0.301 e. The number of hydrogen-bond donors (Lipinski definition) is 0. The highest BCUT2D eigenvalue weighted by Gasteiger charge is 2.26. The van der Waals surface area contributed by atoms with Crippen molar-refractivity contribution in [3.05, 3.63) is 35.9 Å². The molecule has 5 heteroatoms. The monoisotopic (exact) mass is 324 g/mol. The summed E-state index contributed by atoms with van der Waals surface area (Å²) in [5.41, 5.74) is 0.865. The van der Waals surface area contributed by atoms with Gasteiger partial charge in [0.2, 0.25) is 10.0 Å². The van der Waals surface area contributed by atoms with Gasteiger partial charge in [0.1, 0.15) is 0 Å². The summed E-state index contributed by atoms with van der Waals surface area (Å²) in [6.45, 7) is 6.30. The van der Waals surface area contributed by atoms with Gasteiger partial charge in [-0.25, -0.2) is 8.42 Å². The van der Waals surface area contributed by atoms with Crippen molar-refractivity contribution >= 4 is 10.0 Å². The molecular weight excluding hydrogens is 296 g/mol. The van der Waals surface area contributed by atoms with E-state index in [2.05, 4.69) is 11.8 Å². The molecule has 124 valence electrons. The summed E-state index contributed by atoms with van der Waals surface area (Å²) in [4.78, 5) is 2.39. The molecule has 1 heterocycles. The first kappa shape index (κ1) is 17.4. The molecular formula is C17H28N2O2S. The average molecular weight is 324 g/mol. The van der Waals surface area contributed by atoms with Crippen LogP contribution in [0.25, 0.3) is 0 Å². The standard InChI is InChI=1S/C17H28N2O2S/c1-2-3-4-8-11-18-12-14-19(15-13-18)22(20,21)16-17-9-6-5-7-10-17/h5-7,9-10H,2-4,8,11-16H2,1H3. The molecule has 0 bridgehead atoms. The Labute approximate surface area is 135 Å². The molecule has 1 aliphatic rings. The Bertz CT molecular complexity index is 523. The van der Waals surface area contributed by atoms with Gasteiger partial charge in [-0.2, -0.15) is 4.31 Å². The molecule has 2 rings (SSSR count). The van der Waals surface area contributed by atoms with Crippen molar-refractivity contribution in [3.8, 4) is 0 Å². The van der Waals surface area contributed by atoms with Gasteiger partial charge in [-0.05, 0) is 18.5 Å². The summed E-state index contributed by atoms with van der Waals surface area (Å²) in [7, 11) is -3.18. The van der Waals surface area contributed by atoms with Gasteiger partial charge < -0.3 is 4.90 Å². The number of rotatable bonds is 8. The van der Waals surface area contributed by atoms with Crippen LogP contribution in [0.5, 0.6) is 0 Å². The SMILES string of the molecule is CCCCCCN1CCN(S(=O)(=O)Cc2ccccc2)CC1. The number of piperazine rings is 1. The Morgan fingerprint density at radius 3 is 2.27 bits per heavy atom. The summed E-state index contributed by atoms with van der Waals surface area (Å²) in [5.74, 6) is 0.115. The summed E-state index contributed by atoms with van der Waals surface area (Å²) >= 11 is 0. The van der Waals surface area contributed by atoms with Crippen LogP contribution >= 0.6 is 0 Å². The van der Waals surface area contributed by atoms with E-state index in [0.717, 1.165) is 25.2 Å². The van der Waals surface area contributed by atoms with Crippen molar-refractivity contribution < 1.29 is 8.42 Å². The van der Waals surface area contributed by atoms with E-state index in [0.29, 0.717) is 13.1 Å². The lowest BCUT2D eigenvalue weighted by molar-refractivity contribution is 0.185. The fourth-order valence-corrected chi connectivity index (χ4v) is 4.39. The van der Waals surface area contributed by atoms with Crippen LogP contribution in [0.2, 0.25) is 0 Å². The minimum Gasteiger partial charge on any atom is -0.301 e. The first-order valence-electron chi connectivity index (χ1n) is 8.36. The number of unbranched alkanes of at least 4 members (excludes halogenated alkanes) is 3. The van der Waals surface area contributed by atoms with E-state index in [-0.39, 0.29) is 5.75 Å². The Morgan fingerprint density at radius 1 is 0.955 bits per heavy atom. The van der Waals surface area contributed by atoms with Crippen LogP contribution < -0.4 is 0 Å². The topological polar surface area (TPSA) is 40.6 Å². The molecule has 1 fully saturated rings. The lowest BCUT2D eigenvalue weighted by Gasteiger charge is -2.34. The number of benzene rings is 1. The van der Waals surface area contributed by atoms with Gasteiger partial charge in [-0.1, -0.05) is 56.5 Å². The first-order valence-corrected chi connectivity index (χ1v) is 9.97. The first-order chi connectivity index (χ1) is 10.6. The van der Waals surface area contributed by atoms with Crippen molar-refractivity contribution in [1.29, 1.82) is 0 Å². The fraction of sp³-hybridized carbons (Fsp3) is 0.647. The highest BCUT2D eigenvalue weighted by molar-refractivity contribution is 7.88. The maximum absolute atomic E-state index is 12.5. The van der Waals surface area contributed by atoms with Gasteiger partial charge >= 0.3 is 0 Å². The Hall–Kier alpha value is -0.910. The van der Waals surface area contributed by atoms with Crippen molar-refractivity contribution in [2.24, 2.45) is 0 Å². The van der Waals surface area contributed by atoms with Gasteiger partial charge in [0.15, 0.2) is 0 Å². The molecule has 0 unspecified atom stereocenters. The Balaban J connectivity index is 1.78. The predicted molar refractivity (Wildman–Crippen MR) is 91.2 cm³/mol. The highest BCUT2D eigenvalue weighted by atomic mass is 32.2. The van der Waals surface area contributed by atoms with Gasteiger partial charge in [-0.3, -0.25) is 0 Å². The second-order valence-electron chi connectivity index (χ2n) is 6.04. The second-order valence-corrected chi connectivity index (χ2v) is 8.01. The molecule has 0 N–H and O–H groups in total. The maximum atomic E-state index is 12.5. The second kappa shape index (κ2) is 8.65. The molecule has 22 heavy (non-hydrogen) atoms. The fourth-order valence-electron chi connectivity index (χ4n) is 2.87. The molecule has 0 aromatic heterocycles. The minimum atomic E-state index is -3.18. The molecule has 0 spiro atoms. The van der Waals surface area contributed by atoms with Crippen LogP contribution in [0.4, 0.5) is 0 Å². The van der Waals surface area contributed by atoms with Gasteiger partial charge in [0, 0.05) is 26.2 Å². The molecule has 0 saturated carbocycles. The van der Waals surface area contributed by atoms with E-state index < -0.39 is 10.0 Å². The summed E-state index contributed by atoms with van der Waals surface area (Å²) in [6, 6.07) is 9.44. The molecule has 0 radical (unpaired) electrons. The zero-order valence-electron chi connectivity index (χ0n) is 13.6. The normalized spacial score (nSPS) is 17.7. The van der Waals surface area contributed by atoms with E-state index in [1.54, 1.807) is 4.31 Å². The predicted octanol–water partition coefficient (Wildman–Crippen LogP) is 2.71. The van der Waals surface area contributed by atoms with Crippen molar-refractivity contribution in [3.63, 3.8) is 0 Å². The third-order valence-electron chi connectivity index (χ3n) is 4.24. The molecule has 1 aliphatic heterocycles. The smallest absolute Gasteiger partial charge is 0.218 e. The molecule has 1 aromatic carbocycles. The van der Waals surface area contributed by atoms with E-state index in [4.69, 9.17) is 0 Å². The molecule has 1 saturated heterocycles. The number of sulfonamides is 1. The lowest BCUT2D eigenvalue weighted by Crippen LogP contribution is -2.49. The lowest BCUT2D eigenvalue weighted by atomic mass is 10.2. The van der Waals surface area contributed by atoms with Crippen LogP contribution in [0.3, 0.4) is 0 Å². The van der Waals surface area contributed by atoms with Gasteiger partial charge in [-0.15, -0.1) is 0 Å². The van der Waals surface area contributed by atoms with E-state index in [9.17, 15) is 8.42 Å². The Morgan fingerprint density at radius 2 is 1.64 bits per heavy atom. The summed E-state index contributed by atoms with van der Waals surface area (Å²) in [6.07, 6.45) is 5.06. The van der Waals surface area contributed by atoms with Crippen LogP contribution in [-0.2, 0) is 15.8 Å². The van der Waals surface area contributed by atoms with Crippen molar-refractivity contribution in [2.45, 2.75) is 38.4 Å². The van der Waals surface area contributed by atoms with Crippen molar-refractivity contribution in [2.75, 3.05) is 32.7 Å². The zero-order valence-corrected chi connectivity index (χ0v) is 14.4. The number of nitrogens with zero attached hydrogens (tertiary/aromatic N) is 2. The molecule has 0 atom stereocenters. The van der Waals surface area contributed by atoms with Crippen LogP contribution in [0.15, 0.2) is 30.3 Å². The molecule has 4 nitrogen and oxygen atoms in total. The molecule has 1 aromatic rings. The molecule has 0 aliphatic carbocycles. The molecule has 0 amide bonds. The summed E-state index contributed by atoms with van der Waals surface area (Å²) in [5, 5.41) is 0. The third kappa shape index (κ3) is 5.38. The van der Waals surface area contributed by atoms with E-state index in [1.807, 2.05) is 30.3 Å². The van der Waals surface area contributed by atoms with E-state index in [1.165, 1.54) is 25.7 Å². The van der Waals surface area contributed by atoms with Gasteiger partial charge in [0.25, 0.3) is 0 Å². The Kier molecular flexibility index (Phi) is 6.86. The average Bonchev–Trinajstić information content (AvgIpc) is 2.53. The summed E-state index contributed by atoms with van der Waals surface area (Å²) < 4.78 is 26.6.